The molecule has 0 heterocycles. The summed E-state index contributed by atoms with van der Waals surface area (Å²) in [6, 6.07) is 0. The Balaban J connectivity index is 1.97. The first-order chi connectivity index (χ1) is 6.94. The SMILES string of the molecule is CC1(C)CC2C3CCCC(C)(C3O)C2C1. The molecule has 3 rings (SSSR count). The van der Waals surface area contributed by atoms with Crippen LogP contribution in [-0.2, 0) is 0 Å². The molecule has 15 heavy (non-hydrogen) atoms. The Bertz CT molecular complexity index is 283. The van der Waals surface area contributed by atoms with Crippen LogP contribution in [-0.4, -0.2) is 11.2 Å². The van der Waals surface area contributed by atoms with Gasteiger partial charge in [0, 0.05) is 0 Å². The van der Waals surface area contributed by atoms with Gasteiger partial charge in [-0.25, -0.2) is 0 Å². The first-order valence-electron chi connectivity index (χ1n) is 6.62. The van der Waals surface area contributed by atoms with Gasteiger partial charge in [0.05, 0.1) is 6.10 Å². The summed E-state index contributed by atoms with van der Waals surface area (Å²) in [5.41, 5.74) is 0.799. The van der Waals surface area contributed by atoms with Crippen LogP contribution < -0.4 is 0 Å². The molecule has 0 spiro atoms. The van der Waals surface area contributed by atoms with Crippen molar-refractivity contribution in [2.24, 2.45) is 28.6 Å². The molecule has 5 atom stereocenters. The van der Waals surface area contributed by atoms with Crippen molar-refractivity contribution in [3.63, 3.8) is 0 Å². The fourth-order valence-electron chi connectivity index (χ4n) is 5.15. The summed E-state index contributed by atoms with van der Waals surface area (Å²) in [5, 5.41) is 10.4. The van der Waals surface area contributed by atoms with E-state index >= 15 is 0 Å². The van der Waals surface area contributed by atoms with Gasteiger partial charge < -0.3 is 5.11 Å². The maximum atomic E-state index is 10.4. The Labute approximate surface area is 93.3 Å². The third-order valence-electron chi connectivity index (χ3n) is 5.81. The average molecular weight is 208 g/mol. The predicted octanol–water partition coefficient (Wildman–Crippen LogP) is 3.22. The molecule has 1 nitrogen and oxygen atoms in total. The van der Waals surface area contributed by atoms with E-state index in [9.17, 15) is 5.11 Å². The largest absolute Gasteiger partial charge is 0.392 e. The van der Waals surface area contributed by atoms with Crippen LogP contribution in [0.4, 0.5) is 0 Å². The van der Waals surface area contributed by atoms with Crippen molar-refractivity contribution in [1.82, 2.24) is 0 Å². The van der Waals surface area contributed by atoms with Crippen molar-refractivity contribution < 1.29 is 5.11 Å². The molecule has 86 valence electrons. The molecular weight excluding hydrogens is 184 g/mol. The highest BCUT2D eigenvalue weighted by molar-refractivity contribution is 5.11. The smallest absolute Gasteiger partial charge is 0.0627 e. The van der Waals surface area contributed by atoms with Gasteiger partial charge in [-0.15, -0.1) is 0 Å². The minimum atomic E-state index is 0.0114. The van der Waals surface area contributed by atoms with Gasteiger partial charge in [0.25, 0.3) is 0 Å². The molecule has 0 aromatic heterocycles. The lowest BCUT2D eigenvalue weighted by molar-refractivity contribution is -0.0226. The van der Waals surface area contributed by atoms with E-state index in [1.54, 1.807) is 0 Å². The molecule has 0 saturated heterocycles. The van der Waals surface area contributed by atoms with Crippen LogP contribution in [0, 0.1) is 28.6 Å². The van der Waals surface area contributed by atoms with Crippen LogP contribution in [0.15, 0.2) is 0 Å². The highest BCUT2D eigenvalue weighted by Gasteiger charge is 2.62. The van der Waals surface area contributed by atoms with E-state index < -0.39 is 0 Å². The zero-order valence-corrected chi connectivity index (χ0v) is 10.3. The fourth-order valence-corrected chi connectivity index (χ4v) is 5.15. The van der Waals surface area contributed by atoms with Gasteiger partial charge in [-0.2, -0.15) is 0 Å². The Morgan fingerprint density at radius 2 is 1.80 bits per heavy atom. The molecule has 3 aliphatic carbocycles. The first-order valence-corrected chi connectivity index (χ1v) is 6.62. The molecule has 0 radical (unpaired) electrons. The van der Waals surface area contributed by atoms with Crippen LogP contribution in [0.25, 0.3) is 0 Å². The average Bonchev–Trinajstić information content (AvgIpc) is 2.49. The van der Waals surface area contributed by atoms with Gasteiger partial charge in [0.2, 0.25) is 0 Å². The van der Waals surface area contributed by atoms with Crippen LogP contribution >= 0.6 is 0 Å². The van der Waals surface area contributed by atoms with Gasteiger partial charge in [0.1, 0.15) is 0 Å². The van der Waals surface area contributed by atoms with Gasteiger partial charge in [-0.3, -0.25) is 0 Å². The predicted molar refractivity (Wildman–Crippen MR) is 61.4 cm³/mol. The molecular formula is C14H24O. The van der Waals surface area contributed by atoms with Gasteiger partial charge in [0.15, 0.2) is 0 Å². The van der Waals surface area contributed by atoms with Gasteiger partial charge in [-0.1, -0.05) is 27.2 Å². The fraction of sp³-hybridized carbons (Fsp3) is 1.00. The molecule has 1 heteroatoms. The summed E-state index contributed by atoms with van der Waals surface area (Å²) in [5.74, 6) is 2.29. The number of hydrogen-bond acceptors (Lipinski definition) is 1. The second-order valence-electron chi connectivity index (χ2n) is 7.35. The Hall–Kier alpha value is -0.0400. The van der Waals surface area contributed by atoms with Crippen molar-refractivity contribution in [2.45, 2.75) is 59.0 Å². The van der Waals surface area contributed by atoms with E-state index in [-0.39, 0.29) is 11.5 Å². The topological polar surface area (TPSA) is 20.2 Å². The summed E-state index contributed by atoms with van der Waals surface area (Å²) in [6.45, 7) is 7.18. The van der Waals surface area contributed by atoms with Crippen LogP contribution in [0.3, 0.4) is 0 Å². The van der Waals surface area contributed by atoms with Crippen molar-refractivity contribution in [2.75, 3.05) is 0 Å². The maximum Gasteiger partial charge on any atom is 0.0627 e. The standard InChI is InChI=1S/C14H24O/c1-13(2)7-10-9-5-4-6-14(3,12(9)15)11(10)8-13/h9-12,15H,4-8H2,1-3H3. The lowest BCUT2D eigenvalue weighted by Crippen LogP contribution is -2.38. The van der Waals surface area contributed by atoms with E-state index in [0.29, 0.717) is 11.3 Å². The number of hydrogen-bond donors (Lipinski definition) is 1. The molecule has 5 unspecified atom stereocenters. The molecule has 0 aliphatic heterocycles. The van der Waals surface area contributed by atoms with E-state index in [2.05, 4.69) is 20.8 Å². The normalized spacial score (nSPS) is 56.8. The molecule has 3 aliphatic rings. The number of aliphatic hydroxyl groups is 1. The van der Waals surface area contributed by atoms with Gasteiger partial charge in [-0.05, 0) is 54.3 Å². The molecule has 0 amide bonds. The Morgan fingerprint density at radius 3 is 2.53 bits per heavy atom. The van der Waals surface area contributed by atoms with Gasteiger partial charge >= 0.3 is 0 Å². The zero-order valence-electron chi connectivity index (χ0n) is 10.3. The van der Waals surface area contributed by atoms with Crippen LogP contribution in [0.1, 0.15) is 52.9 Å². The molecule has 1 N–H and O–H groups in total. The van der Waals surface area contributed by atoms with Crippen molar-refractivity contribution >= 4 is 0 Å². The summed E-state index contributed by atoms with van der Waals surface area (Å²) in [4.78, 5) is 0. The number of fused-ring (bicyclic) bond motifs is 5. The van der Waals surface area contributed by atoms with Crippen molar-refractivity contribution in [3.8, 4) is 0 Å². The van der Waals surface area contributed by atoms with Crippen molar-refractivity contribution in [3.05, 3.63) is 0 Å². The minimum Gasteiger partial charge on any atom is -0.392 e. The summed E-state index contributed by atoms with van der Waals surface area (Å²) in [7, 11) is 0. The third kappa shape index (κ3) is 1.19. The lowest BCUT2D eigenvalue weighted by atomic mass is 9.68. The van der Waals surface area contributed by atoms with E-state index in [0.717, 1.165) is 11.8 Å². The highest BCUT2D eigenvalue weighted by Crippen LogP contribution is 2.66. The zero-order chi connectivity index (χ0) is 10.8. The first kappa shape index (κ1) is 10.1. The monoisotopic (exact) mass is 208 g/mol. The number of rotatable bonds is 0. The molecule has 0 aromatic carbocycles. The molecule has 3 saturated carbocycles. The second-order valence-corrected chi connectivity index (χ2v) is 7.35. The second kappa shape index (κ2) is 2.80. The minimum absolute atomic E-state index is 0.0114. The molecule has 3 fully saturated rings. The van der Waals surface area contributed by atoms with Crippen LogP contribution in [0.2, 0.25) is 0 Å². The van der Waals surface area contributed by atoms with Crippen molar-refractivity contribution in [1.29, 1.82) is 0 Å². The summed E-state index contributed by atoms with van der Waals surface area (Å²) >= 11 is 0. The lowest BCUT2D eigenvalue weighted by Gasteiger charge is -2.39. The van der Waals surface area contributed by atoms with E-state index in [1.807, 2.05) is 0 Å². The Morgan fingerprint density at radius 1 is 1.07 bits per heavy atom. The Kier molecular flexibility index (Phi) is 1.89. The van der Waals surface area contributed by atoms with E-state index in [1.165, 1.54) is 32.1 Å². The maximum absolute atomic E-state index is 10.4. The highest BCUT2D eigenvalue weighted by atomic mass is 16.3. The van der Waals surface area contributed by atoms with Crippen LogP contribution in [0.5, 0.6) is 0 Å². The number of aliphatic hydroxyl groups excluding tert-OH is 1. The van der Waals surface area contributed by atoms with E-state index in [4.69, 9.17) is 0 Å². The summed E-state index contributed by atoms with van der Waals surface area (Å²) < 4.78 is 0. The summed E-state index contributed by atoms with van der Waals surface area (Å²) in [6.07, 6.45) is 6.62. The molecule has 0 aromatic rings. The quantitative estimate of drug-likeness (QED) is 0.648. The third-order valence-corrected chi connectivity index (χ3v) is 5.81. The molecule has 2 bridgehead atoms.